The van der Waals surface area contributed by atoms with Crippen molar-refractivity contribution in [3.05, 3.63) is 27.7 Å². The number of carboxylic acid groups (broad SMARTS) is 1. The first-order valence-corrected chi connectivity index (χ1v) is 8.21. The maximum absolute atomic E-state index is 12.3. The van der Waals surface area contributed by atoms with Gasteiger partial charge in [-0.3, -0.25) is 9.59 Å². The van der Waals surface area contributed by atoms with Gasteiger partial charge in [-0.1, -0.05) is 23.2 Å². The quantitative estimate of drug-likeness (QED) is 0.759. The molecule has 0 saturated heterocycles. The van der Waals surface area contributed by atoms with Crippen molar-refractivity contribution in [1.29, 1.82) is 0 Å². The molecule has 0 spiro atoms. The highest BCUT2D eigenvalue weighted by atomic mass is 35.5. The molecule has 0 aliphatic carbocycles. The molecule has 0 unspecified atom stereocenters. The summed E-state index contributed by atoms with van der Waals surface area (Å²) in [6.07, 6.45) is 2.17. The average molecular weight is 350 g/mol. The summed E-state index contributed by atoms with van der Waals surface area (Å²) in [5, 5.41) is 12.3. The van der Waals surface area contributed by atoms with Crippen LogP contribution in [0.2, 0.25) is 10.0 Å². The lowest BCUT2D eigenvalue weighted by molar-refractivity contribution is -0.137. The zero-order valence-electron chi connectivity index (χ0n) is 12.0. The molecule has 0 aromatic heterocycles. The van der Waals surface area contributed by atoms with Gasteiger partial charge in [0.2, 0.25) is 0 Å². The fourth-order valence-corrected chi connectivity index (χ4v) is 2.91. The van der Waals surface area contributed by atoms with Crippen LogP contribution >= 0.6 is 35.0 Å². The van der Waals surface area contributed by atoms with Crippen molar-refractivity contribution in [3.63, 3.8) is 0 Å². The lowest BCUT2D eigenvalue weighted by Crippen LogP contribution is -2.43. The lowest BCUT2D eigenvalue weighted by Gasteiger charge is -2.26. The fraction of sp³-hybridized carbons (Fsp3) is 0.429. The summed E-state index contributed by atoms with van der Waals surface area (Å²) in [7, 11) is 0. The van der Waals surface area contributed by atoms with E-state index in [1.54, 1.807) is 19.9 Å². The highest BCUT2D eigenvalue weighted by Gasteiger charge is 2.24. The summed E-state index contributed by atoms with van der Waals surface area (Å²) in [5.41, 5.74) is -0.313. The van der Waals surface area contributed by atoms with Crippen molar-refractivity contribution in [3.8, 4) is 0 Å². The number of halogens is 2. The minimum absolute atomic E-state index is 0.0162. The normalized spacial score (nSPS) is 11.3. The smallest absolute Gasteiger partial charge is 0.303 e. The third-order valence-corrected chi connectivity index (χ3v) is 4.42. The molecule has 1 aromatic carbocycles. The van der Waals surface area contributed by atoms with Crippen molar-refractivity contribution >= 4 is 46.8 Å². The number of hydrogen-bond acceptors (Lipinski definition) is 3. The van der Waals surface area contributed by atoms with E-state index in [2.05, 4.69) is 5.32 Å². The first kappa shape index (κ1) is 18.1. The van der Waals surface area contributed by atoms with Gasteiger partial charge in [0.05, 0.1) is 15.6 Å². The standard InChI is InChI=1S/C14H17Cl2NO3S/c1-14(2,5-4-12(18)19)17-13(20)8-6-11(21-3)10(16)7-9(8)15/h6-7H,4-5H2,1-3H3,(H,17,20)(H,18,19). The summed E-state index contributed by atoms with van der Waals surface area (Å²) in [6, 6.07) is 3.17. The molecule has 0 radical (unpaired) electrons. The van der Waals surface area contributed by atoms with Crippen molar-refractivity contribution in [1.82, 2.24) is 5.32 Å². The number of hydrogen-bond donors (Lipinski definition) is 2. The van der Waals surface area contributed by atoms with Gasteiger partial charge in [-0.25, -0.2) is 0 Å². The molecule has 0 aliphatic heterocycles. The van der Waals surface area contributed by atoms with E-state index in [1.165, 1.54) is 17.8 Å². The number of benzene rings is 1. The van der Waals surface area contributed by atoms with Crippen molar-refractivity contribution in [2.45, 2.75) is 37.1 Å². The molecule has 1 aromatic rings. The fourth-order valence-electron chi connectivity index (χ4n) is 1.72. The topological polar surface area (TPSA) is 66.4 Å². The van der Waals surface area contributed by atoms with Gasteiger partial charge in [0.25, 0.3) is 5.91 Å². The summed E-state index contributed by atoms with van der Waals surface area (Å²) in [6.45, 7) is 3.54. The molecule has 1 rings (SSSR count). The molecule has 116 valence electrons. The number of amides is 1. The van der Waals surface area contributed by atoms with Gasteiger partial charge in [-0.15, -0.1) is 11.8 Å². The number of nitrogens with one attached hydrogen (secondary N) is 1. The summed E-state index contributed by atoms with van der Waals surface area (Å²) >= 11 is 13.5. The second kappa shape index (κ2) is 7.38. The largest absolute Gasteiger partial charge is 0.481 e. The number of rotatable bonds is 6. The monoisotopic (exact) mass is 349 g/mol. The molecular weight excluding hydrogens is 333 g/mol. The van der Waals surface area contributed by atoms with Gasteiger partial charge in [0.1, 0.15) is 0 Å². The highest BCUT2D eigenvalue weighted by molar-refractivity contribution is 7.98. The van der Waals surface area contributed by atoms with E-state index in [0.29, 0.717) is 17.0 Å². The molecule has 21 heavy (non-hydrogen) atoms. The minimum Gasteiger partial charge on any atom is -0.481 e. The third kappa shape index (κ3) is 5.41. The van der Waals surface area contributed by atoms with Gasteiger partial charge in [-0.2, -0.15) is 0 Å². The Morgan fingerprint density at radius 2 is 1.90 bits per heavy atom. The zero-order valence-corrected chi connectivity index (χ0v) is 14.3. The molecule has 1 amide bonds. The molecule has 0 fully saturated rings. The van der Waals surface area contributed by atoms with E-state index < -0.39 is 11.5 Å². The first-order valence-electron chi connectivity index (χ1n) is 6.23. The minimum atomic E-state index is -0.897. The van der Waals surface area contributed by atoms with Crippen LogP contribution in [0.3, 0.4) is 0 Å². The van der Waals surface area contributed by atoms with Crippen molar-refractivity contribution in [2.24, 2.45) is 0 Å². The molecule has 0 aliphatic rings. The highest BCUT2D eigenvalue weighted by Crippen LogP contribution is 2.31. The Morgan fingerprint density at radius 1 is 1.29 bits per heavy atom. The van der Waals surface area contributed by atoms with Gasteiger partial charge in [0, 0.05) is 16.9 Å². The van der Waals surface area contributed by atoms with E-state index in [-0.39, 0.29) is 17.4 Å². The second-order valence-corrected chi connectivity index (χ2v) is 6.86. The number of thioether (sulfide) groups is 1. The maximum Gasteiger partial charge on any atom is 0.303 e. The number of carboxylic acids is 1. The van der Waals surface area contributed by atoms with Gasteiger partial charge < -0.3 is 10.4 Å². The van der Waals surface area contributed by atoms with Crippen LogP contribution in [0, 0.1) is 0 Å². The Morgan fingerprint density at radius 3 is 2.43 bits per heavy atom. The van der Waals surface area contributed by atoms with Gasteiger partial charge in [-0.05, 0) is 38.7 Å². The Kier molecular flexibility index (Phi) is 6.38. The van der Waals surface area contributed by atoms with Crippen LogP contribution in [-0.2, 0) is 4.79 Å². The molecule has 4 nitrogen and oxygen atoms in total. The van der Waals surface area contributed by atoms with Crippen LogP contribution in [0.5, 0.6) is 0 Å². The predicted molar refractivity (Wildman–Crippen MR) is 86.7 cm³/mol. The Hall–Kier alpha value is -0.910. The SMILES string of the molecule is CSc1cc(C(=O)NC(C)(C)CCC(=O)O)c(Cl)cc1Cl. The lowest BCUT2D eigenvalue weighted by atomic mass is 9.97. The summed E-state index contributed by atoms with van der Waals surface area (Å²) in [5.74, 6) is -1.24. The van der Waals surface area contributed by atoms with Crippen LogP contribution in [0.15, 0.2) is 17.0 Å². The van der Waals surface area contributed by atoms with E-state index >= 15 is 0 Å². The first-order chi connectivity index (χ1) is 9.66. The Balaban J connectivity index is 2.91. The molecular formula is C14H17Cl2NO3S. The molecule has 0 atom stereocenters. The van der Waals surface area contributed by atoms with E-state index in [0.717, 1.165) is 4.90 Å². The third-order valence-electron chi connectivity index (χ3n) is 2.90. The van der Waals surface area contributed by atoms with Crippen LogP contribution in [0.1, 0.15) is 37.0 Å². The molecule has 7 heteroatoms. The van der Waals surface area contributed by atoms with Gasteiger partial charge >= 0.3 is 5.97 Å². The second-order valence-electron chi connectivity index (χ2n) is 5.20. The van der Waals surface area contributed by atoms with Crippen LogP contribution in [0.4, 0.5) is 0 Å². The van der Waals surface area contributed by atoms with Crippen molar-refractivity contribution < 1.29 is 14.7 Å². The van der Waals surface area contributed by atoms with E-state index in [4.69, 9.17) is 28.3 Å². The Labute approximate surface area is 138 Å². The van der Waals surface area contributed by atoms with E-state index in [1.807, 2.05) is 6.26 Å². The number of aliphatic carboxylic acids is 1. The summed E-state index contributed by atoms with van der Waals surface area (Å²) in [4.78, 5) is 23.7. The van der Waals surface area contributed by atoms with Gasteiger partial charge in [0.15, 0.2) is 0 Å². The van der Waals surface area contributed by atoms with Crippen LogP contribution < -0.4 is 5.32 Å². The molecule has 2 N–H and O–H groups in total. The molecule has 0 saturated carbocycles. The average Bonchev–Trinajstić information content (AvgIpc) is 2.36. The predicted octanol–water partition coefficient (Wildman–Crippen LogP) is 4.09. The zero-order chi connectivity index (χ0) is 16.2. The number of carbonyl (C=O) groups is 2. The van der Waals surface area contributed by atoms with Crippen LogP contribution in [-0.4, -0.2) is 28.8 Å². The molecule has 0 heterocycles. The van der Waals surface area contributed by atoms with Crippen LogP contribution in [0.25, 0.3) is 0 Å². The summed E-state index contributed by atoms with van der Waals surface area (Å²) < 4.78 is 0. The number of carbonyl (C=O) groups excluding carboxylic acids is 1. The maximum atomic E-state index is 12.3. The Bertz CT molecular complexity index is 561. The van der Waals surface area contributed by atoms with E-state index in [9.17, 15) is 9.59 Å². The molecule has 0 bridgehead atoms. The van der Waals surface area contributed by atoms with Crippen molar-refractivity contribution in [2.75, 3.05) is 6.26 Å².